The van der Waals surface area contributed by atoms with Crippen LogP contribution in [0, 0.1) is 13.8 Å². The molecule has 0 bridgehead atoms. The van der Waals surface area contributed by atoms with Gasteiger partial charge in [0.1, 0.15) is 0 Å². The minimum absolute atomic E-state index is 0.417. The number of nitrogens with zero attached hydrogens (tertiary/aromatic N) is 3. The molecule has 28 heavy (non-hydrogen) atoms. The average molecular weight is 387 g/mol. The summed E-state index contributed by atoms with van der Waals surface area (Å²) in [5, 5.41) is 14.5. The fourth-order valence-electron chi connectivity index (χ4n) is 3.84. The number of carbonyl (C=O) groups is 1. The van der Waals surface area contributed by atoms with Gasteiger partial charge in [-0.2, -0.15) is 5.10 Å². The predicted molar refractivity (Wildman–Crippen MR) is 106 cm³/mol. The topological polar surface area (TPSA) is 76.8 Å². The molecule has 1 aromatic heterocycles. The molecule has 2 aromatic rings. The number of aryl methyl sites for hydroxylation is 2. The molecule has 2 heterocycles. The monoisotopic (exact) mass is 387 g/mol. The normalized spacial score (nSPS) is 16.7. The molecular formula is C21H29N3O4. The fraction of sp³-hybridized carbons (Fsp3) is 0.524. The maximum absolute atomic E-state index is 12.1. The van der Waals surface area contributed by atoms with Crippen LogP contribution in [0.5, 0.6) is 11.5 Å². The van der Waals surface area contributed by atoms with Gasteiger partial charge in [0.2, 0.25) is 5.60 Å². The second kappa shape index (κ2) is 8.22. The van der Waals surface area contributed by atoms with Crippen LogP contribution in [-0.2, 0) is 17.9 Å². The van der Waals surface area contributed by atoms with E-state index in [2.05, 4.69) is 23.8 Å². The van der Waals surface area contributed by atoms with Crippen LogP contribution < -0.4 is 9.47 Å². The van der Waals surface area contributed by atoms with E-state index in [9.17, 15) is 9.90 Å². The third kappa shape index (κ3) is 3.85. The first kappa shape index (κ1) is 20.2. The zero-order valence-electron chi connectivity index (χ0n) is 17.1. The Balaban J connectivity index is 1.72. The molecule has 0 amide bonds. The van der Waals surface area contributed by atoms with Gasteiger partial charge in [0.05, 0.1) is 12.8 Å². The average Bonchev–Trinajstić information content (AvgIpc) is 2.97. The maximum Gasteiger partial charge on any atom is 0.348 e. The number of methoxy groups -OCH3 is 1. The molecule has 0 saturated carbocycles. The highest BCUT2D eigenvalue weighted by Crippen LogP contribution is 2.35. The Morgan fingerprint density at radius 3 is 2.39 bits per heavy atom. The van der Waals surface area contributed by atoms with Gasteiger partial charge in [-0.05, 0) is 32.9 Å². The summed E-state index contributed by atoms with van der Waals surface area (Å²) >= 11 is 0. The summed E-state index contributed by atoms with van der Waals surface area (Å²) in [6.07, 6.45) is 0.834. The van der Waals surface area contributed by atoms with Crippen LogP contribution in [0.4, 0.5) is 0 Å². The molecule has 0 aliphatic carbocycles. The lowest BCUT2D eigenvalue weighted by molar-refractivity contribution is -0.160. The molecule has 3 rings (SSSR count). The third-order valence-corrected chi connectivity index (χ3v) is 5.64. The minimum Gasteiger partial charge on any atom is -0.493 e. The van der Waals surface area contributed by atoms with Gasteiger partial charge in [-0.3, -0.25) is 9.58 Å². The second-order valence-corrected chi connectivity index (χ2v) is 7.29. The lowest BCUT2D eigenvalue weighted by Gasteiger charge is -2.39. The van der Waals surface area contributed by atoms with Gasteiger partial charge >= 0.3 is 5.97 Å². The Labute approximate surface area is 165 Å². The standard InChI is InChI=1S/C21H29N3O4/c1-5-24-16(3)17(15(2)22-24)14-23-12-10-21(11-13-23,20(25)26)28-19-9-7-6-8-18(19)27-4/h6-9H,5,10-14H2,1-4H3,(H,25,26). The largest absolute Gasteiger partial charge is 0.493 e. The Bertz CT molecular complexity index is 838. The van der Waals surface area contributed by atoms with E-state index in [4.69, 9.17) is 9.47 Å². The number of aromatic nitrogens is 2. The van der Waals surface area contributed by atoms with Crippen molar-refractivity contribution in [3.63, 3.8) is 0 Å². The van der Waals surface area contributed by atoms with Gasteiger partial charge in [-0.15, -0.1) is 0 Å². The highest BCUT2D eigenvalue weighted by molar-refractivity contribution is 5.78. The van der Waals surface area contributed by atoms with Crippen LogP contribution in [0.3, 0.4) is 0 Å². The summed E-state index contributed by atoms with van der Waals surface area (Å²) < 4.78 is 13.4. The van der Waals surface area contributed by atoms with Crippen molar-refractivity contribution in [2.75, 3.05) is 20.2 Å². The Morgan fingerprint density at radius 1 is 1.21 bits per heavy atom. The van der Waals surface area contributed by atoms with Crippen molar-refractivity contribution in [1.29, 1.82) is 0 Å². The van der Waals surface area contributed by atoms with Crippen molar-refractivity contribution in [2.45, 2.75) is 52.3 Å². The van der Waals surface area contributed by atoms with E-state index < -0.39 is 11.6 Å². The number of likely N-dealkylation sites (tertiary alicyclic amines) is 1. The maximum atomic E-state index is 12.1. The van der Waals surface area contributed by atoms with E-state index in [1.54, 1.807) is 19.2 Å². The lowest BCUT2D eigenvalue weighted by Crippen LogP contribution is -2.53. The molecule has 1 aliphatic heterocycles. The predicted octanol–water partition coefficient (Wildman–Crippen LogP) is 3.03. The molecule has 1 N–H and O–H groups in total. The number of hydrogen-bond acceptors (Lipinski definition) is 5. The van der Waals surface area contributed by atoms with Crippen molar-refractivity contribution in [2.24, 2.45) is 0 Å². The van der Waals surface area contributed by atoms with Crippen LogP contribution in [0.25, 0.3) is 0 Å². The Morgan fingerprint density at radius 2 is 1.86 bits per heavy atom. The van der Waals surface area contributed by atoms with Crippen molar-refractivity contribution in [1.82, 2.24) is 14.7 Å². The molecule has 0 radical (unpaired) electrons. The van der Waals surface area contributed by atoms with Gasteiger partial charge in [0.15, 0.2) is 11.5 Å². The molecule has 1 aliphatic rings. The summed E-state index contributed by atoms with van der Waals surface area (Å²) in [5.74, 6) is 0.0877. The number of benzene rings is 1. The van der Waals surface area contributed by atoms with E-state index in [1.165, 1.54) is 11.3 Å². The number of ether oxygens (including phenoxy) is 2. The van der Waals surface area contributed by atoms with E-state index in [0.717, 1.165) is 18.8 Å². The zero-order valence-corrected chi connectivity index (χ0v) is 17.1. The van der Waals surface area contributed by atoms with E-state index in [0.29, 0.717) is 37.4 Å². The smallest absolute Gasteiger partial charge is 0.348 e. The summed E-state index contributed by atoms with van der Waals surface area (Å²) in [5.41, 5.74) is 2.22. The second-order valence-electron chi connectivity index (χ2n) is 7.29. The number of rotatable bonds is 7. The van der Waals surface area contributed by atoms with Crippen LogP contribution in [0.1, 0.15) is 36.7 Å². The van der Waals surface area contributed by atoms with Gasteiger partial charge in [-0.25, -0.2) is 4.79 Å². The van der Waals surface area contributed by atoms with Crippen molar-refractivity contribution in [3.05, 3.63) is 41.2 Å². The third-order valence-electron chi connectivity index (χ3n) is 5.64. The van der Waals surface area contributed by atoms with Gasteiger partial charge < -0.3 is 14.6 Å². The Hall–Kier alpha value is -2.54. The van der Waals surface area contributed by atoms with E-state index >= 15 is 0 Å². The number of piperidine rings is 1. The first-order valence-corrected chi connectivity index (χ1v) is 9.71. The highest BCUT2D eigenvalue weighted by Gasteiger charge is 2.44. The summed E-state index contributed by atoms with van der Waals surface area (Å²) in [7, 11) is 1.55. The molecule has 7 heteroatoms. The number of carboxylic acid groups (broad SMARTS) is 1. The van der Waals surface area contributed by atoms with E-state index in [1.807, 2.05) is 23.7 Å². The summed E-state index contributed by atoms with van der Waals surface area (Å²) in [6.45, 7) is 9.14. The van der Waals surface area contributed by atoms with Crippen LogP contribution >= 0.6 is 0 Å². The first-order chi connectivity index (χ1) is 13.4. The fourth-order valence-corrected chi connectivity index (χ4v) is 3.84. The summed E-state index contributed by atoms with van der Waals surface area (Å²) in [6, 6.07) is 7.18. The zero-order chi connectivity index (χ0) is 20.3. The molecular weight excluding hydrogens is 358 g/mol. The van der Waals surface area contributed by atoms with Gasteiger partial charge in [-0.1, -0.05) is 12.1 Å². The van der Waals surface area contributed by atoms with Crippen molar-refractivity contribution < 1.29 is 19.4 Å². The minimum atomic E-state index is -1.23. The Kier molecular flexibility index (Phi) is 5.93. The number of aliphatic carboxylic acids is 1. The molecule has 1 aromatic carbocycles. The van der Waals surface area contributed by atoms with Crippen molar-refractivity contribution in [3.8, 4) is 11.5 Å². The number of hydrogen-bond donors (Lipinski definition) is 1. The first-order valence-electron chi connectivity index (χ1n) is 9.71. The number of carboxylic acids is 1. The van der Waals surface area contributed by atoms with Crippen LogP contribution in [0.2, 0.25) is 0 Å². The molecule has 7 nitrogen and oxygen atoms in total. The highest BCUT2D eigenvalue weighted by atomic mass is 16.5. The molecule has 0 spiro atoms. The van der Waals surface area contributed by atoms with Crippen LogP contribution in [0.15, 0.2) is 24.3 Å². The van der Waals surface area contributed by atoms with Gasteiger partial charge in [0.25, 0.3) is 0 Å². The molecule has 1 saturated heterocycles. The lowest BCUT2D eigenvalue weighted by atomic mass is 9.90. The molecule has 1 fully saturated rings. The quantitative estimate of drug-likeness (QED) is 0.787. The SMILES string of the molecule is CCn1nc(C)c(CN2CCC(Oc3ccccc3OC)(C(=O)O)CC2)c1C. The van der Waals surface area contributed by atoms with E-state index in [-0.39, 0.29) is 0 Å². The van der Waals surface area contributed by atoms with Crippen molar-refractivity contribution >= 4 is 5.97 Å². The van der Waals surface area contributed by atoms with Gasteiger partial charge in [0, 0.05) is 50.3 Å². The number of para-hydroxylation sites is 2. The molecule has 152 valence electrons. The molecule has 0 unspecified atom stereocenters. The molecule has 0 atom stereocenters. The summed E-state index contributed by atoms with van der Waals surface area (Å²) in [4.78, 5) is 14.4. The van der Waals surface area contributed by atoms with Crippen LogP contribution in [-0.4, -0.2) is 51.6 Å².